The maximum absolute atomic E-state index is 12.2. The number of carbonyl (C=O) groups is 1. The van der Waals surface area contributed by atoms with E-state index in [1.54, 1.807) is 19.4 Å². The average molecular weight is 364 g/mol. The van der Waals surface area contributed by atoms with Crippen LogP contribution >= 0.6 is 11.8 Å². The van der Waals surface area contributed by atoms with E-state index in [9.17, 15) is 4.79 Å². The van der Waals surface area contributed by atoms with E-state index in [-0.39, 0.29) is 11.2 Å². The predicted molar refractivity (Wildman–Crippen MR) is 97.5 cm³/mol. The highest BCUT2D eigenvalue weighted by molar-refractivity contribution is 8.00. The summed E-state index contributed by atoms with van der Waals surface area (Å²) in [6.07, 6.45) is 4.19. The minimum Gasteiger partial charge on any atom is -0.469 e. The van der Waals surface area contributed by atoms with Gasteiger partial charge in [0, 0.05) is 26.8 Å². The van der Waals surface area contributed by atoms with Crippen LogP contribution in [0.4, 0.5) is 0 Å². The van der Waals surface area contributed by atoms with Crippen molar-refractivity contribution in [1.29, 1.82) is 0 Å². The van der Waals surface area contributed by atoms with Gasteiger partial charge >= 0.3 is 0 Å². The highest BCUT2D eigenvalue weighted by Crippen LogP contribution is 2.29. The van der Waals surface area contributed by atoms with Crippen LogP contribution in [0.1, 0.15) is 19.1 Å². The number of carbonyl (C=O) groups excluding carboxylic acids is 1. The first-order chi connectivity index (χ1) is 12.1. The molecule has 0 fully saturated rings. The van der Waals surface area contributed by atoms with Gasteiger partial charge in [-0.3, -0.25) is 9.36 Å². The zero-order valence-electron chi connectivity index (χ0n) is 14.8. The summed E-state index contributed by atoms with van der Waals surface area (Å²) in [7, 11) is 1.64. The summed E-state index contributed by atoms with van der Waals surface area (Å²) >= 11 is 1.37. The highest BCUT2D eigenvalue weighted by atomic mass is 32.2. The Bertz CT molecular complexity index is 711. The van der Waals surface area contributed by atoms with Crippen LogP contribution in [0.15, 0.2) is 34.6 Å². The molecule has 1 atom stereocenters. The van der Waals surface area contributed by atoms with Crippen molar-refractivity contribution >= 4 is 17.7 Å². The summed E-state index contributed by atoms with van der Waals surface area (Å²) in [6.45, 7) is 9.30. The molecule has 8 heteroatoms. The van der Waals surface area contributed by atoms with Gasteiger partial charge in [0.15, 0.2) is 11.0 Å². The zero-order valence-corrected chi connectivity index (χ0v) is 15.6. The van der Waals surface area contributed by atoms with Gasteiger partial charge in [0.1, 0.15) is 5.76 Å². The second-order valence-electron chi connectivity index (χ2n) is 5.49. The van der Waals surface area contributed by atoms with Gasteiger partial charge in [-0.05, 0) is 26.3 Å². The van der Waals surface area contributed by atoms with E-state index in [1.807, 2.05) is 24.5 Å². The van der Waals surface area contributed by atoms with E-state index in [2.05, 4.69) is 22.1 Å². The van der Waals surface area contributed by atoms with Crippen LogP contribution in [0, 0.1) is 6.92 Å². The van der Waals surface area contributed by atoms with Crippen molar-refractivity contribution < 1.29 is 13.9 Å². The molecule has 0 bridgehead atoms. The fraction of sp³-hybridized carbons (Fsp3) is 0.471. The molecular formula is C17H24N4O3S. The molecule has 0 spiro atoms. The minimum atomic E-state index is -0.284. The fourth-order valence-electron chi connectivity index (χ4n) is 2.27. The molecule has 0 aromatic carbocycles. The quantitative estimate of drug-likeness (QED) is 0.396. The number of rotatable bonds is 10. The summed E-state index contributed by atoms with van der Waals surface area (Å²) in [5.74, 6) is 1.45. The van der Waals surface area contributed by atoms with Crippen molar-refractivity contribution in [2.45, 2.75) is 37.2 Å². The van der Waals surface area contributed by atoms with Gasteiger partial charge in [-0.15, -0.1) is 16.8 Å². The number of amides is 1. The molecule has 0 saturated carbocycles. The predicted octanol–water partition coefficient (Wildman–Crippen LogP) is 2.67. The van der Waals surface area contributed by atoms with Crippen LogP contribution < -0.4 is 5.32 Å². The van der Waals surface area contributed by atoms with Gasteiger partial charge in [-0.2, -0.15) is 0 Å². The van der Waals surface area contributed by atoms with Crippen molar-refractivity contribution in [3.63, 3.8) is 0 Å². The van der Waals surface area contributed by atoms with E-state index in [4.69, 9.17) is 9.15 Å². The second kappa shape index (κ2) is 9.43. The summed E-state index contributed by atoms with van der Waals surface area (Å²) in [5, 5.41) is 11.8. The van der Waals surface area contributed by atoms with Gasteiger partial charge < -0.3 is 14.5 Å². The second-order valence-corrected chi connectivity index (χ2v) is 6.80. The molecule has 1 unspecified atom stereocenters. The number of aromatic nitrogens is 3. The highest BCUT2D eigenvalue weighted by Gasteiger charge is 2.21. The SMILES string of the molecule is C=CCn1c(SC(C)C(=O)NCCCOC)nnc1-c1ccoc1C. The number of nitrogens with zero attached hydrogens (tertiary/aromatic N) is 3. The van der Waals surface area contributed by atoms with E-state index in [0.29, 0.717) is 30.7 Å². The van der Waals surface area contributed by atoms with E-state index >= 15 is 0 Å². The Morgan fingerprint density at radius 2 is 2.36 bits per heavy atom. The van der Waals surface area contributed by atoms with Crippen LogP contribution in [0.25, 0.3) is 11.4 Å². The lowest BCUT2D eigenvalue weighted by atomic mass is 10.2. The molecule has 2 rings (SSSR count). The molecule has 0 saturated heterocycles. The number of aryl methyl sites for hydroxylation is 1. The summed E-state index contributed by atoms with van der Waals surface area (Å²) < 4.78 is 12.3. The Morgan fingerprint density at radius 1 is 1.56 bits per heavy atom. The lowest BCUT2D eigenvalue weighted by molar-refractivity contribution is -0.120. The normalized spacial score (nSPS) is 12.1. The third-order valence-corrected chi connectivity index (χ3v) is 4.68. The van der Waals surface area contributed by atoms with Crippen LogP contribution in [0.5, 0.6) is 0 Å². The molecule has 1 N–H and O–H groups in total. The smallest absolute Gasteiger partial charge is 0.233 e. The number of ether oxygens (including phenoxy) is 1. The molecule has 2 heterocycles. The molecule has 1 amide bonds. The van der Waals surface area contributed by atoms with Crippen molar-refractivity contribution in [2.24, 2.45) is 0 Å². The molecule has 136 valence electrons. The Kier molecular flexibility index (Phi) is 7.27. The van der Waals surface area contributed by atoms with Crippen LogP contribution in [-0.2, 0) is 16.1 Å². The van der Waals surface area contributed by atoms with Gasteiger partial charge in [0.25, 0.3) is 0 Å². The van der Waals surface area contributed by atoms with Crippen LogP contribution in [0.2, 0.25) is 0 Å². The molecule has 0 radical (unpaired) electrons. The first-order valence-electron chi connectivity index (χ1n) is 8.10. The number of hydrogen-bond donors (Lipinski definition) is 1. The van der Waals surface area contributed by atoms with Gasteiger partial charge in [-0.25, -0.2) is 0 Å². The third kappa shape index (κ3) is 4.96. The Hall–Kier alpha value is -2.06. The average Bonchev–Trinajstić information content (AvgIpc) is 3.18. The Labute approximate surface area is 151 Å². The number of hydrogen-bond acceptors (Lipinski definition) is 6. The maximum atomic E-state index is 12.2. The largest absolute Gasteiger partial charge is 0.469 e. The van der Waals surface area contributed by atoms with Crippen LogP contribution in [0.3, 0.4) is 0 Å². The molecule has 2 aromatic rings. The van der Waals surface area contributed by atoms with Gasteiger partial charge in [0.2, 0.25) is 5.91 Å². The molecular weight excluding hydrogens is 340 g/mol. The molecule has 0 aliphatic heterocycles. The monoisotopic (exact) mass is 364 g/mol. The standard InChI is InChI=1S/C17H24N4O3S/c1-5-9-21-15(14-7-11-24-12(14)2)19-20-17(21)25-13(3)16(22)18-8-6-10-23-4/h5,7,11,13H,1,6,8-10H2,2-4H3,(H,18,22). The van der Waals surface area contributed by atoms with Gasteiger partial charge in [0.05, 0.1) is 17.1 Å². The lowest BCUT2D eigenvalue weighted by Gasteiger charge is -2.12. The maximum Gasteiger partial charge on any atom is 0.233 e. The first-order valence-corrected chi connectivity index (χ1v) is 8.98. The van der Waals surface area contributed by atoms with Crippen molar-refractivity contribution in [2.75, 3.05) is 20.3 Å². The number of thioether (sulfide) groups is 1. The number of allylic oxidation sites excluding steroid dienone is 1. The van der Waals surface area contributed by atoms with E-state index < -0.39 is 0 Å². The summed E-state index contributed by atoms with van der Waals surface area (Å²) in [6, 6.07) is 1.86. The van der Waals surface area contributed by atoms with Crippen LogP contribution in [-0.4, -0.2) is 46.2 Å². The summed E-state index contributed by atoms with van der Waals surface area (Å²) in [4.78, 5) is 12.2. The van der Waals surface area contributed by atoms with Crippen molar-refractivity contribution in [3.8, 4) is 11.4 Å². The molecule has 0 aliphatic rings. The third-order valence-electron chi connectivity index (χ3n) is 3.60. The lowest BCUT2D eigenvalue weighted by Crippen LogP contribution is -2.32. The first kappa shape index (κ1) is 19.3. The number of nitrogens with one attached hydrogen (secondary N) is 1. The topological polar surface area (TPSA) is 82.2 Å². The van der Waals surface area contributed by atoms with E-state index in [1.165, 1.54) is 11.8 Å². The summed E-state index contributed by atoms with van der Waals surface area (Å²) in [5.41, 5.74) is 0.887. The molecule has 7 nitrogen and oxygen atoms in total. The fourth-order valence-corrected chi connectivity index (χ4v) is 3.15. The number of furan rings is 1. The van der Waals surface area contributed by atoms with E-state index in [0.717, 1.165) is 17.7 Å². The molecule has 25 heavy (non-hydrogen) atoms. The molecule has 0 aliphatic carbocycles. The number of methoxy groups -OCH3 is 1. The minimum absolute atomic E-state index is 0.0321. The Balaban J connectivity index is 2.09. The van der Waals surface area contributed by atoms with Gasteiger partial charge in [-0.1, -0.05) is 17.8 Å². The van der Waals surface area contributed by atoms with Crippen molar-refractivity contribution in [1.82, 2.24) is 20.1 Å². The zero-order chi connectivity index (χ0) is 18.2. The van der Waals surface area contributed by atoms with Crippen molar-refractivity contribution in [3.05, 3.63) is 30.7 Å². The molecule has 2 aromatic heterocycles. The Morgan fingerprint density at radius 3 is 3.00 bits per heavy atom.